The topological polar surface area (TPSA) is 109 Å². The number of hydrogen-bond acceptors (Lipinski definition) is 5. The number of rotatable bonds is 13. The number of carbonyl (C=O) groups excluding carboxylic acids is 3. The standard InChI is InChI=1S/C16H27NO5.2K/c1-2-3-4-5-6-7-8-9-10-14(18)17-13(16(21)22)11-12-15(19)20;;/h9-10,13H,2-8,11-12H2,1H3,(H,17,18)(H,19,20)(H,21,22);;/q;2*+1/p-2/t13-;;/m0../s1. The van der Waals surface area contributed by atoms with Crippen LogP contribution in [0.4, 0.5) is 0 Å². The zero-order chi connectivity index (χ0) is 16.8. The van der Waals surface area contributed by atoms with Crippen LogP contribution in [0.2, 0.25) is 0 Å². The van der Waals surface area contributed by atoms with E-state index in [0.717, 1.165) is 19.3 Å². The number of aliphatic carboxylic acids is 2. The maximum Gasteiger partial charge on any atom is 1.00 e. The van der Waals surface area contributed by atoms with E-state index in [1.54, 1.807) is 6.08 Å². The molecule has 0 aliphatic carbocycles. The fraction of sp³-hybridized carbons (Fsp3) is 0.688. The molecular weight excluding hydrogens is 364 g/mol. The molecule has 0 fully saturated rings. The first-order valence-electron chi connectivity index (χ1n) is 7.85. The smallest absolute Gasteiger partial charge is 0.550 e. The second kappa shape index (κ2) is 20.7. The Labute approximate surface area is 229 Å². The summed E-state index contributed by atoms with van der Waals surface area (Å²) in [5, 5.41) is 23.3. The average molecular weight is 390 g/mol. The van der Waals surface area contributed by atoms with E-state index < -0.39 is 30.3 Å². The van der Waals surface area contributed by atoms with E-state index in [1.165, 1.54) is 31.8 Å². The summed E-state index contributed by atoms with van der Waals surface area (Å²) in [6.45, 7) is 2.16. The van der Waals surface area contributed by atoms with Crippen LogP contribution in [0, 0.1) is 0 Å². The molecule has 6 nitrogen and oxygen atoms in total. The van der Waals surface area contributed by atoms with Crippen LogP contribution in [0.3, 0.4) is 0 Å². The van der Waals surface area contributed by atoms with Gasteiger partial charge in [0, 0.05) is 5.97 Å². The number of carboxylic acid groups (broad SMARTS) is 2. The summed E-state index contributed by atoms with van der Waals surface area (Å²) in [7, 11) is 0. The van der Waals surface area contributed by atoms with Gasteiger partial charge < -0.3 is 25.1 Å². The number of carbonyl (C=O) groups is 3. The van der Waals surface area contributed by atoms with Gasteiger partial charge in [0.2, 0.25) is 5.91 Å². The molecule has 0 aromatic carbocycles. The zero-order valence-corrected chi connectivity index (χ0v) is 21.4. The van der Waals surface area contributed by atoms with Gasteiger partial charge in [-0.1, -0.05) is 45.1 Å². The van der Waals surface area contributed by atoms with Crippen molar-refractivity contribution >= 4 is 17.8 Å². The van der Waals surface area contributed by atoms with Crippen molar-refractivity contribution in [3.8, 4) is 0 Å². The van der Waals surface area contributed by atoms with Crippen LogP contribution >= 0.6 is 0 Å². The molecule has 1 atom stereocenters. The third-order valence-corrected chi connectivity index (χ3v) is 3.23. The van der Waals surface area contributed by atoms with E-state index in [1.807, 2.05) is 0 Å². The Morgan fingerprint density at radius 3 is 2.12 bits per heavy atom. The van der Waals surface area contributed by atoms with Gasteiger partial charge in [-0.2, -0.15) is 0 Å². The van der Waals surface area contributed by atoms with Crippen LogP contribution in [0.5, 0.6) is 0 Å². The molecule has 0 bridgehead atoms. The van der Waals surface area contributed by atoms with E-state index in [0.29, 0.717) is 0 Å². The molecule has 0 saturated carbocycles. The molecule has 0 aliphatic heterocycles. The molecule has 0 aromatic heterocycles. The minimum absolute atomic E-state index is 0. The summed E-state index contributed by atoms with van der Waals surface area (Å²) < 4.78 is 0. The van der Waals surface area contributed by atoms with Crippen molar-refractivity contribution in [1.82, 2.24) is 5.32 Å². The van der Waals surface area contributed by atoms with Gasteiger partial charge >= 0.3 is 103 Å². The maximum absolute atomic E-state index is 11.5. The van der Waals surface area contributed by atoms with Gasteiger partial charge in [-0.25, -0.2) is 0 Å². The maximum atomic E-state index is 11.5. The first-order chi connectivity index (χ1) is 10.5. The van der Waals surface area contributed by atoms with Crippen LogP contribution < -0.4 is 118 Å². The van der Waals surface area contributed by atoms with Gasteiger partial charge in [-0.3, -0.25) is 4.79 Å². The van der Waals surface area contributed by atoms with Crippen LogP contribution in [0.15, 0.2) is 12.2 Å². The summed E-state index contributed by atoms with van der Waals surface area (Å²) in [5.41, 5.74) is 0. The predicted molar refractivity (Wildman–Crippen MR) is 78.3 cm³/mol. The van der Waals surface area contributed by atoms with Gasteiger partial charge in [0.15, 0.2) is 0 Å². The second-order valence-electron chi connectivity index (χ2n) is 5.25. The Balaban J connectivity index is -0.00000220. The molecule has 0 saturated heterocycles. The fourth-order valence-corrected chi connectivity index (χ4v) is 1.96. The van der Waals surface area contributed by atoms with Crippen molar-refractivity contribution in [2.24, 2.45) is 0 Å². The minimum atomic E-state index is -1.50. The fourth-order valence-electron chi connectivity index (χ4n) is 1.96. The average Bonchev–Trinajstić information content (AvgIpc) is 2.45. The molecular formula is C16H25K2NO5. The molecule has 0 aliphatic rings. The normalized spacial score (nSPS) is 11.2. The number of hydrogen-bond donors (Lipinski definition) is 1. The van der Waals surface area contributed by atoms with Crippen LogP contribution in [0.25, 0.3) is 0 Å². The molecule has 24 heavy (non-hydrogen) atoms. The largest absolute Gasteiger partial charge is 1.00 e. The van der Waals surface area contributed by atoms with Crippen LogP contribution in [0.1, 0.15) is 64.7 Å². The van der Waals surface area contributed by atoms with Crippen molar-refractivity contribution in [3.63, 3.8) is 0 Å². The van der Waals surface area contributed by atoms with Gasteiger partial charge in [-0.15, -0.1) is 0 Å². The SMILES string of the molecule is CCCCCCCCC=CC(=O)N[C@@H](CCC(=O)[O-])C(=O)[O-].[K+].[K+]. The molecule has 0 spiro atoms. The van der Waals surface area contributed by atoms with Crippen molar-refractivity contribution in [1.29, 1.82) is 0 Å². The van der Waals surface area contributed by atoms with E-state index in [9.17, 15) is 24.6 Å². The molecule has 0 radical (unpaired) electrons. The molecule has 0 rings (SSSR count). The Morgan fingerprint density at radius 2 is 1.58 bits per heavy atom. The molecule has 1 amide bonds. The van der Waals surface area contributed by atoms with Gasteiger partial charge in [0.1, 0.15) is 0 Å². The first kappa shape index (κ1) is 30.2. The zero-order valence-electron chi connectivity index (χ0n) is 15.1. The van der Waals surface area contributed by atoms with Crippen molar-refractivity contribution in [2.45, 2.75) is 70.8 Å². The molecule has 0 heterocycles. The number of amides is 1. The summed E-state index contributed by atoms with van der Waals surface area (Å²) in [4.78, 5) is 32.6. The van der Waals surface area contributed by atoms with Gasteiger partial charge in [-0.05, 0) is 31.8 Å². The number of nitrogens with one attached hydrogen (secondary N) is 1. The number of allylic oxidation sites excluding steroid dienone is 1. The van der Waals surface area contributed by atoms with Crippen LogP contribution in [-0.4, -0.2) is 23.9 Å². The van der Waals surface area contributed by atoms with Gasteiger partial charge in [0.25, 0.3) is 0 Å². The second-order valence-corrected chi connectivity index (χ2v) is 5.25. The molecule has 0 aromatic rings. The van der Waals surface area contributed by atoms with E-state index >= 15 is 0 Å². The number of unbranched alkanes of at least 4 members (excludes halogenated alkanes) is 6. The van der Waals surface area contributed by atoms with E-state index in [4.69, 9.17) is 0 Å². The number of carboxylic acids is 2. The monoisotopic (exact) mass is 389 g/mol. The molecule has 8 heteroatoms. The summed E-state index contributed by atoms with van der Waals surface area (Å²) in [6.07, 6.45) is 10.0. The Kier molecular flexibility index (Phi) is 26.1. The molecule has 0 unspecified atom stereocenters. The summed E-state index contributed by atoms with van der Waals surface area (Å²) in [6, 6.07) is -1.32. The quantitative estimate of drug-likeness (QED) is 0.192. The summed E-state index contributed by atoms with van der Waals surface area (Å²) >= 11 is 0. The molecule has 1 N–H and O–H groups in total. The van der Waals surface area contributed by atoms with E-state index in [-0.39, 0.29) is 109 Å². The summed E-state index contributed by atoms with van der Waals surface area (Å²) in [5.74, 6) is -3.42. The Morgan fingerprint density at radius 1 is 1.00 bits per heavy atom. The first-order valence-corrected chi connectivity index (χ1v) is 7.85. The van der Waals surface area contributed by atoms with Crippen molar-refractivity contribution in [3.05, 3.63) is 12.2 Å². The van der Waals surface area contributed by atoms with Crippen molar-refractivity contribution in [2.75, 3.05) is 0 Å². The van der Waals surface area contributed by atoms with Gasteiger partial charge in [0.05, 0.1) is 12.0 Å². The Hall–Kier alpha value is 1.42. The Bertz CT molecular complexity index is 389. The molecule has 126 valence electrons. The predicted octanol–water partition coefficient (Wildman–Crippen LogP) is -5.93. The van der Waals surface area contributed by atoms with E-state index in [2.05, 4.69) is 12.2 Å². The third-order valence-electron chi connectivity index (χ3n) is 3.23. The van der Waals surface area contributed by atoms with Crippen LogP contribution in [-0.2, 0) is 14.4 Å². The minimum Gasteiger partial charge on any atom is -0.550 e. The van der Waals surface area contributed by atoms with Crippen molar-refractivity contribution < 1.29 is 127 Å². The third kappa shape index (κ3) is 19.7.